The van der Waals surface area contributed by atoms with Crippen LogP contribution < -0.4 is 0 Å². The Morgan fingerprint density at radius 3 is 2.23 bits per heavy atom. The summed E-state index contributed by atoms with van der Waals surface area (Å²) in [6.07, 6.45) is 9.45. The van der Waals surface area contributed by atoms with Crippen LogP contribution in [0.3, 0.4) is 0 Å². The highest BCUT2D eigenvalue weighted by atomic mass is 16.7. The van der Waals surface area contributed by atoms with Gasteiger partial charge < -0.3 is 19.3 Å². The quantitative estimate of drug-likeness (QED) is 0.779. The molecule has 0 aromatic carbocycles. The van der Waals surface area contributed by atoms with Crippen molar-refractivity contribution >= 4 is 0 Å². The van der Waals surface area contributed by atoms with Crippen molar-refractivity contribution in [2.75, 3.05) is 39.9 Å². The second-order valence-electron chi connectivity index (χ2n) is 7.62. The molecule has 0 radical (unpaired) electrons. The summed E-state index contributed by atoms with van der Waals surface area (Å²) in [6.45, 7) is 7.64. The van der Waals surface area contributed by atoms with E-state index in [1.54, 1.807) is 0 Å². The van der Waals surface area contributed by atoms with Crippen molar-refractivity contribution in [3.8, 4) is 0 Å². The third kappa shape index (κ3) is 4.44. The molecule has 3 fully saturated rings. The van der Waals surface area contributed by atoms with Crippen LogP contribution in [-0.4, -0.2) is 68.1 Å². The molecule has 22 heavy (non-hydrogen) atoms. The van der Waals surface area contributed by atoms with Crippen LogP contribution >= 0.6 is 0 Å². The molecule has 0 unspecified atom stereocenters. The van der Waals surface area contributed by atoms with Gasteiger partial charge in [-0.25, -0.2) is 0 Å². The Morgan fingerprint density at radius 1 is 0.955 bits per heavy atom. The first kappa shape index (κ1) is 16.7. The van der Waals surface area contributed by atoms with E-state index in [9.17, 15) is 0 Å². The molecule has 1 aliphatic carbocycles. The van der Waals surface area contributed by atoms with E-state index in [0.29, 0.717) is 0 Å². The maximum atomic E-state index is 5.54. The average Bonchev–Trinajstić information content (AvgIpc) is 3.07. The first-order chi connectivity index (χ1) is 10.7. The van der Waals surface area contributed by atoms with E-state index in [1.165, 1.54) is 51.6 Å². The number of hydrogen-bond acceptors (Lipinski definition) is 4. The second-order valence-corrected chi connectivity index (χ2v) is 7.62. The topological polar surface area (TPSA) is 24.9 Å². The fourth-order valence-corrected chi connectivity index (χ4v) is 4.36. The van der Waals surface area contributed by atoms with Crippen molar-refractivity contribution in [2.45, 2.75) is 70.2 Å². The maximum absolute atomic E-state index is 5.54. The number of ether oxygens (including phenoxy) is 2. The van der Waals surface area contributed by atoms with Crippen LogP contribution in [0.1, 0.15) is 51.9 Å². The Hall–Kier alpha value is -0.160. The zero-order valence-corrected chi connectivity index (χ0v) is 14.5. The summed E-state index contributed by atoms with van der Waals surface area (Å²) in [4.78, 5) is 5.31. The summed E-state index contributed by atoms with van der Waals surface area (Å²) in [5, 5.41) is 0. The lowest BCUT2D eigenvalue weighted by atomic mass is 9.85. The third-order valence-corrected chi connectivity index (χ3v) is 6.03. The van der Waals surface area contributed by atoms with Gasteiger partial charge in [0.05, 0.1) is 13.2 Å². The van der Waals surface area contributed by atoms with Gasteiger partial charge in [-0.05, 0) is 64.6 Å². The van der Waals surface area contributed by atoms with Crippen LogP contribution in [0.15, 0.2) is 0 Å². The lowest BCUT2D eigenvalue weighted by Gasteiger charge is -2.42. The fourth-order valence-electron chi connectivity index (χ4n) is 4.36. The highest BCUT2D eigenvalue weighted by molar-refractivity contribution is 4.85. The van der Waals surface area contributed by atoms with Gasteiger partial charge in [-0.1, -0.05) is 6.92 Å². The van der Waals surface area contributed by atoms with Crippen LogP contribution in [0.2, 0.25) is 0 Å². The Morgan fingerprint density at radius 2 is 1.59 bits per heavy atom. The lowest BCUT2D eigenvalue weighted by Crippen LogP contribution is -2.48. The number of hydrogen-bond donors (Lipinski definition) is 0. The Bertz CT molecular complexity index is 317. The minimum Gasteiger partial charge on any atom is -0.350 e. The van der Waals surface area contributed by atoms with Gasteiger partial charge in [0.2, 0.25) is 0 Å². The molecule has 2 heterocycles. The molecule has 128 valence electrons. The molecule has 0 aromatic rings. The van der Waals surface area contributed by atoms with Gasteiger partial charge in [0.15, 0.2) is 6.29 Å². The zero-order chi connectivity index (χ0) is 15.4. The Kier molecular flexibility index (Phi) is 6.14. The SMILES string of the molecule is CC1CCC(N2CCC(N(C)CCC3OCCO3)CC2)CC1. The normalized spacial score (nSPS) is 32.9. The molecular weight excluding hydrogens is 276 g/mol. The van der Waals surface area contributed by atoms with E-state index in [4.69, 9.17) is 9.47 Å². The minimum absolute atomic E-state index is 0.0479. The van der Waals surface area contributed by atoms with Crippen molar-refractivity contribution in [2.24, 2.45) is 5.92 Å². The van der Waals surface area contributed by atoms with Gasteiger partial charge in [-0.15, -0.1) is 0 Å². The minimum atomic E-state index is 0.0479. The first-order valence-corrected chi connectivity index (χ1v) is 9.40. The molecule has 4 heteroatoms. The molecule has 0 N–H and O–H groups in total. The molecule has 4 nitrogen and oxygen atoms in total. The van der Waals surface area contributed by atoms with Crippen molar-refractivity contribution in [1.29, 1.82) is 0 Å². The molecule has 3 aliphatic rings. The van der Waals surface area contributed by atoms with E-state index in [-0.39, 0.29) is 6.29 Å². The predicted octanol–water partition coefficient (Wildman–Crippen LogP) is 2.72. The molecule has 0 atom stereocenters. The average molecular weight is 310 g/mol. The van der Waals surface area contributed by atoms with Crippen LogP contribution in [0.25, 0.3) is 0 Å². The number of likely N-dealkylation sites (tertiary alicyclic amines) is 1. The molecule has 0 bridgehead atoms. The Labute approximate surface area is 136 Å². The highest BCUT2D eigenvalue weighted by Gasteiger charge is 2.29. The first-order valence-electron chi connectivity index (χ1n) is 9.40. The van der Waals surface area contributed by atoms with Gasteiger partial charge in [0.25, 0.3) is 0 Å². The molecule has 3 rings (SSSR count). The largest absolute Gasteiger partial charge is 0.350 e. The molecular formula is C18H34N2O2. The van der Waals surface area contributed by atoms with E-state index in [2.05, 4.69) is 23.8 Å². The number of piperidine rings is 1. The van der Waals surface area contributed by atoms with Crippen molar-refractivity contribution in [3.05, 3.63) is 0 Å². The van der Waals surface area contributed by atoms with Crippen molar-refractivity contribution in [3.63, 3.8) is 0 Å². The maximum Gasteiger partial charge on any atom is 0.159 e. The molecule has 2 aliphatic heterocycles. The summed E-state index contributed by atoms with van der Waals surface area (Å²) < 4.78 is 11.1. The molecule has 0 aromatic heterocycles. The van der Waals surface area contributed by atoms with Gasteiger partial charge >= 0.3 is 0 Å². The smallest absolute Gasteiger partial charge is 0.159 e. The summed E-state index contributed by atoms with van der Waals surface area (Å²) in [5.41, 5.74) is 0. The van der Waals surface area contributed by atoms with E-state index in [1.807, 2.05) is 0 Å². The van der Waals surface area contributed by atoms with E-state index < -0.39 is 0 Å². The zero-order valence-electron chi connectivity index (χ0n) is 14.5. The monoisotopic (exact) mass is 310 g/mol. The highest BCUT2D eigenvalue weighted by Crippen LogP contribution is 2.29. The predicted molar refractivity (Wildman–Crippen MR) is 89.0 cm³/mol. The summed E-state index contributed by atoms with van der Waals surface area (Å²) in [5.74, 6) is 0.958. The van der Waals surface area contributed by atoms with Crippen LogP contribution in [0.5, 0.6) is 0 Å². The number of nitrogens with zero attached hydrogens (tertiary/aromatic N) is 2. The summed E-state index contributed by atoms with van der Waals surface area (Å²) in [7, 11) is 2.28. The van der Waals surface area contributed by atoms with Crippen molar-refractivity contribution < 1.29 is 9.47 Å². The second kappa shape index (κ2) is 8.09. The van der Waals surface area contributed by atoms with Crippen molar-refractivity contribution in [1.82, 2.24) is 9.80 Å². The van der Waals surface area contributed by atoms with E-state index in [0.717, 1.165) is 44.2 Å². The molecule has 2 saturated heterocycles. The van der Waals surface area contributed by atoms with Gasteiger partial charge in [-0.2, -0.15) is 0 Å². The molecule has 0 amide bonds. The molecule has 1 saturated carbocycles. The fraction of sp³-hybridized carbons (Fsp3) is 1.00. The number of rotatable bonds is 5. The Balaban J connectivity index is 1.35. The van der Waals surface area contributed by atoms with Crippen LogP contribution in [-0.2, 0) is 9.47 Å². The van der Waals surface area contributed by atoms with Crippen LogP contribution in [0, 0.1) is 5.92 Å². The standard InChI is InChI=1S/C18H34N2O2/c1-15-3-5-17(6-4-15)20-11-7-16(8-12-20)19(2)10-9-18-21-13-14-22-18/h15-18H,3-14H2,1-2H3. The van der Waals surface area contributed by atoms with Crippen LogP contribution in [0.4, 0.5) is 0 Å². The van der Waals surface area contributed by atoms with Gasteiger partial charge in [-0.3, -0.25) is 0 Å². The van der Waals surface area contributed by atoms with E-state index >= 15 is 0 Å². The van der Waals surface area contributed by atoms with Gasteiger partial charge in [0.1, 0.15) is 0 Å². The third-order valence-electron chi connectivity index (χ3n) is 6.03. The lowest BCUT2D eigenvalue weighted by molar-refractivity contribution is -0.0534. The summed E-state index contributed by atoms with van der Waals surface area (Å²) in [6, 6.07) is 1.63. The molecule has 0 spiro atoms. The summed E-state index contributed by atoms with van der Waals surface area (Å²) >= 11 is 0. The van der Waals surface area contributed by atoms with Gasteiger partial charge in [0, 0.05) is 25.0 Å².